The zero-order chi connectivity index (χ0) is 14.7. The first kappa shape index (κ1) is 14.9. The lowest BCUT2D eigenvalue weighted by molar-refractivity contribution is 0.0590. The summed E-state index contributed by atoms with van der Waals surface area (Å²) in [6.45, 7) is 7.66. The van der Waals surface area contributed by atoms with Gasteiger partial charge in [-0.2, -0.15) is 0 Å². The number of rotatable bonds is 3. The molecule has 0 atom stereocenters. The van der Waals surface area contributed by atoms with Gasteiger partial charge in [-0.1, -0.05) is 12.2 Å². The molecule has 1 aromatic rings. The molecule has 1 aliphatic heterocycles. The number of piperazine rings is 1. The lowest BCUT2D eigenvalue weighted by Crippen LogP contribution is -2.50. The highest BCUT2D eigenvalue weighted by atomic mass is 32.1. The monoisotopic (exact) mass is 292 g/mol. The summed E-state index contributed by atoms with van der Waals surface area (Å²) in [7, 11) is 0. The minimum atomic E-state index is -0.0251. The molecule has 1 fully saturated rings. The molecule has 1 aromatic heterocycles. The van der Waals surface area contributed by atoms with Gasteiger partial charge in [0.15, 0.2) is 0 Å². The molecule has 6 heteroatoms. The molecular formula is C14H20N4OS. The van der Waals surface area contributed by atoms with E-state index in [4.69, 9.17) is 18.0 Å². The molecule has 0 bridgehead atoms. The average molecular weight is 292 g/mol. The lowest BCUT2D eigenvalue weighted by atomic mass is 10.2. The van der Waals surface area contributed by atoms with Crippen LogP contribution in [0, 0.1) is 0 Å². The van der Waals surface area contributed by atoms with E-state index in [1.807, 2.05) is 4.90 Å². The van der Waals surface area contributed by atoms with Gasteiger partial charge in [0.25, 0.3) is 5.91 Å². The summed E-state index contributed by atoms with van der Waals surface area (Å²) in [5.74, 6) is -0.0251. The third kappa shape index (κ3) is 3.32. The standard InChI is InChI=1S/C14H20N4OS/c1-10(2)17-5-7-18(8-6-17)14(19)12-4-3-11(9-16-12)13(15)20/h3-4,9-10H,5-8H2,1-2H3,(H2,15,20). The van der Waals surface area contributed by atoms with Crippen molar-refractivity contribution < 1.29 is 4.79 Å². The summed E-state index contributed by atoms with van der Waals surface area (Å²) in [5.41, 5.74) is 6.65. The summed E-state index contributed by atoms with van der Waals surface area (Å²) < 4.78 is 0. The number of nitrogens with zero attached hydrogens (tertiary/aromatic N) is 3. The van der Waals surface area contributed by atoms with E-state index in [-0.39, 0.29) is 5.91 Å². The maximum Gasteiger partial charge on any atom is 0.272 e. The van der Waals surface area contributed by atoms with E-state index in [9.17, 15) is 4.79 Å². The summed E-state index contributed by atoms with van der Waals surface area (Å²) in [6.07, 6.45) is 1.56. The summed E-state index contributed by atoms with van der Waals surface area (Å²) in [4.78, 5) is 21.0. The fourth-order valence-corrected chi connectivity index (χ4v) is 2.39. The van der Waals surface area contributed by atoms with Gasteiger partial charge in [0.05, 0.1) is 0 Å². The number of hydrogen-bond acceptors (Lipinski definition) is 4. The van der Waals surface area contributed by atoms with Crippen molar-refractivity contribution in [3.05, 3.63) is 29.6 Å². The molecule has 1 saturated heterocycles. The fourth-order valence-electron chi connectivity index (χ4n) is 2.27. The van der Waals surface area contributed by atoms with Crippen molar-refractivity contribution in [3.8, 4) is 0 Å². The second-order valence-electron chi connectivity index (χ2n) is 5.22. The van der Waals surface area contributed by atoms with Crippen LogP contribution in [0.2, 0.25) is 0 Å². The second-order valence-corrected chi connectivity index (χ2v) is 5.66. The molecule has 0 aromatic carbocycles. The van der Waals surface area contributed by atoms with Crippen molar-refractivity contribution >= 4 is 23.1 Å². The van der Waals surface area contributed by atoms with Crippen LogP contribution >= 0.6 is 12.2 Å². The Balaban J connectivity index is 2.00. The number of thiocarbonyl (C=S) groups is 1. The van der Waals surface area contributed by atoms with Gasteiger partial charge in [0.2, 0.25) is 0 Å². The predicted octanol–water partition coefficient (Wildman–Crippen LogP) is 0.882. The zero-order valence-electron chi connectivity index (χ0n) is 11.9. The van der Waals surface area contributed by atoms with Crippen LogP contribution in [0.25, 0.3) is 0 Å². The Morgan fingerprint density at radius 2 is 1.95 bits per heavy atom. The normalized spacial score (nSPS) is 16.4. The highest BCUT2D eigenvalue weighted by Crippen LogP contribution is 2.10. The Hall–Kier alpha value is -1.53. The van der Waals surface area contributed by atoms with E-state index in [1.54, 1.807) is 18.3 Å². The van der Waals surface area contributed by atoms with E-state index >= 15 is 0 Å². The summed E-state index contributed by atoms with van der Waals surface area (Å²) >= 11 is 4.87. The van der Waals surface area contributed by atoms with Crippen molar-refractivity contribution in [3.63, 3.8) is 0 Å². The van der Waals surface area contributed by atoms with Gasteiger partial charge in [-0.15, -0.1) is 0 Å². The number of amides is 1. The Morgan fingerprint density at radius 3 is 2.40 bits per heavy atom. The molecule has 2 heterocycles. The first-order valence-corrected chi connectivity index (χ1v) is 7.19. The van der Waals surface area contributed by atoms with Crippen molar-refractivity contribution in [1.82, 2.24) is 14.8 Å². The highest BCUT2D eigenvalue weighted by Gasteiger charge is 2.23. The molecule has 0 radical (unpaired) electrons. The Morgan fingerprint density at radius 1 is 1.30 bits per heavy atom. The van der Waals surface area contributed by atoms with Gasteiger partial charge in [0.1, 0.15) is 10.7 Å². The highest BCUT2D eigenvalue weighted by molar-refractivity contribution is 7.80. The van der Waals surface area contributed by atoms with Crippen LogP contribution < -0.4 is 5.73 Å². The third-order valence-corrected chi connectivity index (χ3v) is 3.83. The van der Waals surface area contributed by atoms with Gasteiger partial charge < -0.3 is 10.6 Å². The number of pyridine rings is 1. The fraction of sp³-hybridized carbons (Fsp3) is 0.500. The van der Waals surface area contributed by atoms with E-state index < -0.39 is 0 Å². The molecule has 0 aliphatic carbocycles. The van der Waals surface area contributed by atoms with Crippen LogP contribution in [0.3, 0.4) is 0 Å². The predicted molar refractivity (Wildman–Crippen MR) is 82.7 cm³/mol. The molecule has 1 amide bonds. The first-order chi connectivity index (χ1) is 9.49. The van der Waals surface area contributed by atoms with E-state index in [1.165, 1.54) is 0 Å². The minimum Gasteiger partial charge on any atom is -0.389 e. The Labute approximate surface area is 124 Å². The second kappa shape index (κ2) is 6.28. The molecule has 2 N–H and O–H groups in total. The van der Waals surface area contributed by atoms with Crippen LogP contribution in [0.15, 0.2) is 18.3 Å². The van der Waals surface area contributed by atoms with Crippen LogP contribution in [0.1, 0.15) is 29.9 Å². The molecule has 0 saturated carbocycles. The molecule has 2 rings (SSSR count). The number of hydrogen-bond donors (Lipinski definition) is 1. The summed E-state index contributed by atoms with van der Waals surface area (Å²) in [6, 6.07) is 3.95. The number of carbonyl (C=O) groups excluding carboxylic acids is 1. The average Bonchev–Trinajstić information content (AvgIpc) is 2.46. The maximum atomic E-state index is 12.3. The van der Waals surface area contributed by atoms with Crippen LogP contribution in [0.4, 0.5) is 0 Å². The molecule has 5 nitrogen and oxygen atoms in total. The van der Waals surface area contributed by atoms with Gasteiger partial charge in [0, 0.05) is 44.0 Å². The van der Waals surface area contributed by atoms with Gasteiger partial charge in [-0.25, -0.2) is 0 Å². The lowest BCUT2D eigenvalue weighted by Gasteiger charge is -2.36. The SMILES string of the molecule is CC(C)N1CCN(C(=O)c2ccc(C(N)=S)cn2)CC1. The molecule has 20 heavy (non-hydrogen) atoms. The van der Waals surface area contributed by atoms with Gasteiger partial charge >= 0.3 is 0 Å². The largest absolute Gasteiger partial charge is 0.389 e. The summed E-state index contributed by atoms with van der Waals surface area (Å²) in [5, 5.41) is 0. The first-order valence-electron chi connectivity index (χ1n) is 6.78. The molecular weight excluding hydrogens is 272 g/mol. The van der Waals surface area contributed by atoms with Crippen molar-refractivity contribution in [2.45, 2.75) is 19.9 Å². The number of aromatic nitrogens is 1. The third-order valence-electron chi connectivity index (χ3n) is 3.60. The quantitative estimate of drug-likeness (QED) is 0.838. The molecule has 0 spiro atoms. The van der Waals surface area contributed by atoms with Crippen LogP contribution in [0.5, 0.6) is 0 Å². The number of carbonyl (C=O) groups is 1. The Bertz CT molecular complexity index is 492. The van der Waals surface area contributed by atoms with E-state index in [0.29, 0.717) is 22.3 Å². The molecule has 108 valence electrons. The van der Waals surface area contributed by atoms with E-state index in [2.05, 4.69) is 23.7 Å². The van der Waals surface area contributed by atoms with Gasteiger partial charge in [-0.3, -0.25) is 14.7 Å². The number of nitrogens with two attached hydrogens (primary N) is 1. The van der Waals surface area contributed by atoms with E-state index in [0.717, 1.165) is 26.2 Å². The van der Waals surface area contributed by atoms with Gasteiger partial charge in [-0.05, 0) is 26.0 Å². The molecule has 1 aliphatic rings. The van der Waals surface area contributed by atoms with Crippen molar-refractivity contribution in [1.29, 1.82) is 0 Å². The van der Waals surface area contributed by atoms with Crippen molar-refractivity contribution in [2.75, 3.05) is 26.2 Å². The zero-order valence-corrected chi connectivity index (χ0v) is 12.7. The van der Waals surface area contributed by atoms with Crippen LogP contribution in [-0.4, -0.2) is 57.9 Å². The Kier molecular flexibility index (Phi) is 4.67. The molecule has 0 unspecified atom stereocenters. The van der Waals surface area contributed by atoms with Crippen molar-refractivity contribution in [2.24, 2.45) is 5.73 Å². The smallest absolute Gasteiger partial charge is 0.272 e. The van der Waals surface area contributed by atoms with Crippen LogP contribution in [-0.2, 0) is 0 Å². The maximum absolute atomic E-state index is 12.3. The minimum absolute atomic E-state index is 0.0251. The topological polar surface area (TPSA) is 62.5 Å².